The fourth-order valence-electron chi connectivity index (χ4n) is 7.37. The first kappa shape index (κ1) is 35.2. The molecule has 1 unspecified atom stereocenters. The summed E-state index contributed by atoms with van der Waals surface area (Å²) in [6, 6.07) is 15.6. The van der Waals surface area contributed by atoms with Crippen molar-refractivity contribution in [2.75, 3.05) is 39.3 Å². The number of halogens is 1. The van der Waals surface area contributed by atoms with Crippen molar-refractivity contribution in [2.45, 2.75) is 96.1 Å². The summed E-state index contributed by atoms with van der Waals surface area (Å²) in [6.07, 6.45) is 8.22. The van der Waals surface area contributed by atoms with Crippen LogP contribution in [0.4, 0.5) is 0 Å². The van der Waals surface area contributed by atoms with Crippen molar-refractivity contribution in [1.82, 2.24) is 30.3 Å². The van der Waals surface area contributed by atoms with E-state index in [1.54, 1.807) is 11.1 Å². The van der Waals surface area contributed by atoms with E-state index < -0.39 is 6.04 Å². The van der Waals surface area contributed by atoms with E-state index in [2.05, 4.69) is 53.4 Å². The first-order valence-corrected chi connectivity index (χ1v) is 18.5. The number of likely N-dealkylation sites (tertiary alicyclic amines) is 1. The van der Waals surface area contributed by atoms with E-state index in [4.69, 9.17) is 21.3 Å². The zero-order valence-electron chi connectivity index (χ0n) is 29.2. The van der Waals surface area contributed by atoms with Crippen molar-refractivity contribution >= 4 is 40.3 Å². The number of piperazine rings is 1. The van der Waals surface area contributed by atoms with Crippen LogP contribution in [0.3, 0.4) is 0 Å². The molecule has 2 saturated heterocycles. The van der Waals surface area contributed by atoms with Crippen LogP contribution < -0.4 is 10.6 Å². The van der Waals surface area contributed by atoms with E-state index in [0.29, 0.717) is 37.2 Å². The average molecular weight is 690 g/mol. The number of fused-ring (bicyclic) bond motifs is 1. The number of aromatic amines is 1. The van der Waals surface area contributed by atoms with Crippen molar-refractivity contribution in [3.63, 3.8) is 0 Å². The maximum absolute atomic E-state index is 14.4. The van der Waals surface area contributed by atoms with Gasteiger partial charge in [-0.1, -0.05) is 74.7 Å². The zero-order valence-corrected chi connectivity index (χ0v) is 29.9. The van der Waals surface area contributed by atoms with Crippen LogP contribution >= 0.6 is 11.6 Å². The third kappa shape index (κ3) is 8.77. The number of amides is 2. The number of nitrogens with one attached hydrogen (secondary N) is 3. The second-order valence-electron chi connectivity index (χ2n) is 14.1. The molecule has 10 nitrogen and oxygen atoms in total. The maximum atomic E-state index is 14.4. The second kappa shape index (κ2) is 16.4. The third-order valence-corrected chi connectivity index (χ3v) is 10.3. The van der Waals surface area contributed by atoms with Crippen LogP contribution in [0.5, 0.6) is 0 Å². The van der Waals surface area contributed by atoms with Crippen LogP contribution in [0.15, 0.2) is 59.7 Å². The standard InChI is InChI=1S/C38H52ClN7O3/c1-26(2)42-33(14-8-11-19-44-17-9-5-10-18-44)37(48)46-21-20-45(38-43-27(3)35(49-38)29-12-6-4-7-13-29)25-34(46)36(47)41-23-28-15-16-32-30(22-28)31(39)24-40-32/h4,6-7,12-13,15-16,22,24,26-27,33-35,40,42H,5,8-11,14,17-21,23,25H2,1-3H3,(H,41,47)/t27-,33?,34-,35+/m0/s1. The number of nitrogens with zero attached hydrogens (tertiary/aromatic N) is 4. The molecule has 0 saturated carbocycles. The number of carbonyl (C=O) groups is 2. The Morgan fingerprint density at radius 3 is 2.61 bits per heavy atom. The quantitative estimate of drug-likeness (QED) is 0.217. The number of unbranched alkanes of at least 4 members (excludes halogenated alkanes) is 1. The van der Waals surface area contributed by atoms with Gasteiger partial charge in [0.25, 0.3) is 6.02 Å². The number of aliphatic imine (C=N–C) groups is 1. The maximum Gasteiger partial charge on any atom is 0.288 e. The largest absolute Gasteiger partial charge is 0.455 e. The summed E-state index contributed by atoms with van der Waals surface area (Å²) in [4.78, 5) is 42.9. The van der Waals surface area contributed by atoms with Gasteiger partial charge in [0.1, 0.15) is 12.1 Å². The highest BCUT2D eigenvalue weighted by Crippen LogP contribution is 2.31. The Morgan fingerprint density at radius 2 is 1.84 bits per heavy atom. The molecule has 4 atom stereocenters. The number of rotatable bonds is 12. The van der Waals surface area contributed by atoms with E-state index in [9.17, 15) is 9.59 Å². The van der Waals surface area contributed by atoms with Crippen LogP contribution in [-0.4, -0.2) is 101 Å². The molecule has 0 radical (unpaired) electrons. The Labute approximate surface area is 295 Å². The molecule has 3 N–H and O–H groups in total. The fourth-order valence-corrected chi connectivity index (χ4v) is 7.58. The summed E-state index contributed by atoms with van der Waals surface area (Å²) in [5.41, 5.74) is 2.95. The van der Waals surface area contributed by atoms with Crippen LogP contribution in [0.25, 0.3) is 10.9 Å². The molecule has 2 amide bonds. The minimum Gasteiger partial charge on any atom is -0.455 e. The molecule has 2 fully saturated rings. The molecule has 0 spiro atoms. The predicted octanol–water partition coefficient (Wildman–Crippen LogP) is 5.49. The summed E-state index contributed by atoms with van der Waals surface area (Å²) in [5.74, 6) is -0.213. The van der Waals surface area contributed by atoms with Gasteiger partial charge in [0.2, 0.25) is 11.8 Å². The molecule has 2 aromatic carbocycles. The van der Waals surface area contributed by atoms with Gasteiger partial charge in [0.15, 0.2) is 0 Å². The highest BCUT2D eigenvalue weighted by atomic mass is 35.5. The molecule has 0 aliphatic carbocycles. The van der Waals surface area contributed by atoms with Crippen molar-refractivity contribution in [3.05, 3.63) is 70.9 Å². The number of H-pyrrole nitrogens is 1. The van der Waals surface area contributed by atoms with Gasteiger partial charge in [-0.05, 0) is 75.5 Å². The van der Waals surface area contributed by atoms with Gasteiger partial charge in [-0.25, -0.2) is 4.99 Å². The summed E-state index contributed by atoms with van der Waals surface area (Å²) in [5, 5.41) is 8.22. The zero-order chi connectivity index (χ0) is 34.3. The topological polar surface area (TPSA) is 105 Å². The van der Waals surface area contributed by atoms with E-state index in [1.165, 1.54) is 32.4 Å². The van der Waals surface area contributed by atoms with Gasteiger partial charge in [-0.15, -0.1) is 0 Å². The highest BCUT2D eigenvalue weighted by Gasteiger charge is 2.41. The van der Waals surface area contributed by atoms with Crippen LogP contribution in [-0.2, 0) is 20.9 Å². The summed E-state index contributed by atoms with van der Waals surface area (Å²) >= 11 is 6.37. The van der Waals surface area contributed by atoms with Crippen LogP contribution in [0, 0.1) is 0 Å². The normalized spacial score (nSPS) is 22.3. The lowest BCUT2D eigenvalue weighted by molar-refractivity contribution is -0.145. The number of hydrogen-bond acceptors (Lipinski definition) is 7. The number of benzene rings is 2. The van der Waals surface area contributed by atoms with Gasteiger partial charge in [-0.3, -0.25) is 9.59 Å². The Bertz CT molecular complexity index is 1590. The van der Waals surface area contributed by atoms with E-state index in [1.807, 2.05) is 41.3 Å². The molecule has 0 bridgehead atoms. The molecule has 49 heavy (non-hydrogen) atoms. The Kier molecular flexibility index (Phi) is 11.8. The van der Waals surface area contributed by atoms with Crippen LogP contribution in [0.1, 0.15) is 76.5 Å². The molecule has 4 heterocycles. The SMILES string of the molecule is CC(C)NC(CCCCN1CCCCC1)C(=O)N1CCN(C2=N[C@@H](C)[C@H](c3ccccc3)O2)C[C@H]1C(=O)NCc1ccc2[nH]cc(Cl)c2c1. The fraction of sp³-hybridized carbons (Fsp3) is 0.553. The molecule has 11 heteroatoms. The second-order valence-corrected chi connectivity index (χ2v) is 14.5. The van der Waals surface area contributed by atoms with Gasteiger partial charge in [-0.2, -0.15) is 0 Å². The van der Waals surface area contributed by atoms with Gasteiger partial charge in [0.05, 0.1) is 23.7 Å². The number of carbonyl (C=O) groups excluding carboxylic acids is 2. The molecular formula is C38H52ClN7O3. The average Bonchev–Trinajstić information content (AvgIpc) is 3.70. The number of hydrogen-bond donors (Lipinski definition) is 3. The molecular weight excluding hydrogens is 638 g/mol. The van der Waals surface area contributed by atoms with Crippen molar-refractivity contribution in [2.24, 2.45) is 4.99 Å². The lowest BCUT2D eigenvalue weighted by Crippen LogP contribution is -2.64. The number of ether oxygens (including phenoxy) is 1. The van der Waals surface area contributed by atoms with Crippen molar-refractivity contribution in [3.8, 4) is 0 Å². The van der Waals surface area contributed by atoms with Gasteiger partial charge in [0, 0.05) is 42.8 Å². The molecule has 3 aromatic rings. The van der Waals surface area contributed by atoms with Crippen molar-refractivity contribution in [1.29, 1.82) is 0 Å². The summed E-state index contributed by atoms with van der Waals surface area (Å²) in [7, 11) is 0. The molecule has 264 valence electrons. The molecule has 1 aromatic heterocycles. The number of amidine groups is 1. The van der Waals surface area contributed by atoms with E-state index in [0.717, 1.165) is 47.8 Å². The molecule has 3 aliphatic rings. The van der Waals surface area contributed by atoms with E-state index >= 15 is 0 Å². The molecule has 6 rings (SSSR count). The minimum absolute atomic E-state index is 0.0168. The Morgan fingerprint density at radius 1 is 1.04 bits per heavy atom. The van der Waals surface area contributed by atoms with E-state index in [-0.39, 0.29) is 36.0 Å². The first-order chi connectivity index (χ1) is 23.8. The minimum atomic E-state index is -0.706. The Balaban J connectivity index is 1.16. The molecule has 3 aliphatic heterocycles. The summed E-state index contributed by atoms with van der Waals surface area (Å²) in [6.45, 7) is 11.2. The van der Waals surface area contributed by atoms with Gasteiger partial charge < -0.3 is 35.1 Å². The smallest absolute Gasteiger partial charge is 0.288 e. The first-order valence-electron chi connectivity index (χ1n) is 18.1. The lowest BCUT2D eigenvalue weighted by atomic mass is 10.0. The number of aromatic nitrogens is 1. The Hall–Kier alpha value is -3.60. The van der Waals surface area contributed by atoms with Gasteiger partial charge >= 0.3 is 0 Å². The summed E-state index contributed by atoms with van der Waals surface area (Å²) < 4.78 is 6.42. The predicted molar refractivity (Wildman–Crippen MR) is 196 cm³/mol. The van der Waals surface area contributed by atoms with Crippen LogP contribution in [0.2, 0.25) is 5.02 Å². The monoisotopic (exact) mass is 689 g/mol. The number of piperidine rings is 1. The van der Waals surface area contributed by atoms with Crippen molar-refractivity contribution < 1.29 is 14.3 Å². The highest BCUT2D eigenvalue weighted by molar-refractivity contribution is 6.35. The lowest BCUT2D eigenvalue weighted by Gasteiger charge is -2.42. The third-order valence-electron chi connectivity index (χ3n) is 10.0.